The van der Waals surface area contributed by atoms with E-state index in [2.05, 4.69) is 14.9 Å². The monoisotopic (exact) mass is 240 g/mol. The minimum absolute atomic E-state index is 0.312. The molecule has 2 N–H and O–H groups in total. The van der Waals surface area contributed by atoms with Crippen molar-refractivity contribution in [1.82, 2.24) is 9.97 Å². The second kappa shape index (κ2) is 3.75. The number of aromatic nitrogens is 2. The summed E-state index contributed by atoms with van der Waals surface area (Å²) in [7, 11) is 0. The third-order valence-electron chi connectivity index (χ3n) is 3.16. The Morgan fingerprint density at radius 2 is 2.00 bits per heavy atom. The van der Waals surface area contributed by atoms with Crippen molar-refractivity contribution in [3.8, 4) is 0 Å². The van der Waals surface area contributed by atoms with E-state index in [1.165, 1.54) is 6.33 Å². The number of nitrogens with two attached hydrogens (primary N) is 1. The molecule has 0 amide bonds. The summed E-state index contributed by atoms with van der Waals surface area (Å²) >= 11 is 5.89. The summed E-state index contributed by atoms with van der Waals surface area (Å²) in [6.07, 6.45) is 4.32. The molecule has 16 heavy (non-hydrogen) atoms. The minimum atomic E-state index is 0.312. The van der Waals surface area contributed by atoms with Crippen LogP contribution in [-0.4, -0.2) is 35.3 Å². The molecule has 2 fully saturated rings. The van der Waals surface area contributed by atoms with Gasteiger partial charge in [-0.2, -0.15) is 0 Å². The molecule has 3 heterocycles. The van der Waals surface area contributed by atoms with Gasteiger partial charge >= 0.3 is 0 Å². The van der Waals surface area contributed by atoms with E-state index in [9.17, 15) is 0 Å². The zero-order chi connectivity index (χ0) is 11.1. The maximum Gasteiger partial charge on any atom is 0.157 e. The van der Waals surface area contributed by atoms with E-state index in [1.54, 1.807) is 0 Å². The summed E-state index contributed by atoms with van der Waals surface area (Å²) in [6.45, 7) is 1.68. The van der Waals surface area contributed by atoms with Crippen LogP contribution in [-0.2, 0) is 4.74 Å². The first-order chi connectivity index (χ1) is 7.74. The number of hydrogen-bond acceptors (Lipinski definition) is 5. The lowest BCUT2D eigenvalue weighted by atomic mass is 10.2. The largest absolute Gasteiger partial charge is 0.393 e. The van der Waals surface area contributed by atoms with Gasteiger partial charge < -0.3 is 15.4 Å². The van der Waals surface area contributed by atoms with Gasteiger partial charge in [0.25, 0.3) is 0 Å². The number of anilines is 2. The van der Waals surface area contributed by atoms with Crippen molar-refractivity contribution < 1.29 is 4.74 Å². The fourth-order valence-electron chi connectivity index (χ4n) is 2.41. The summed E-state index contributed by atoms with van der Waals surface area (Å²) in [5.74, 6) is 0.736. The second-order valence-corrected chi connectivity index (χ2v) is 4.62. The number of morpholine rings is 1. The molecule has 2 saturated heterocycles. The van der Waals surface area contributed by atoms with Crippen molar-refractivity contribution in [2.75, 3.05) is 23.7 Å². The molecule has 2 atom stereocenters. The van der Waals surface area contributed by atoms with E-state index in [4.69, 9.17) is 22.1 Å². The molecule has 2 unspecified atom stereocenters. The Kier molecular flexibility index (Phi) is 2.37. The van der Waals surface area contributed by atoms with Gasteiger partial charge in [-0.15, -0.1) is 0 Å². The van der Waals surface area contributed by atoms with Crippen LogP contribution in [0.15, 0.2) is 6.33 Å². The number of rotatable bonds is 1. The molecule has 0 aliphatic carbocycles. The van der Waals surface area contributed by atoms with Crippen molar-refractivity contribution >= 4 is 23.1 Å². The highest BCUT2D eigenvalue weighted by Crippen LogP contribution is 2.32. The Labute approximate surface area is 98.6 Å². The lowest BCUT2D eigenvalue weighted by Crippen LogP contribution is -2.43. The molecule has 0 aromatic carbocycles. The third kappa shape index (κ3) is 1.60. The fourth-order valence-corrected chi connectivity index (χ4v) is 2.53. The quantitative estimate of drug-likeness (QED) is 0.745. The van der Waals surface area contributed by atoms with Crippen LogP contribution in [0.2, 0.25) is 5.15 Å². The summed E-state index contributed by atoms with van der Waals surface area (Å²) in [5, 5.41) is 0.323. The van der Waals surface area contributed by atoms with Crippen LogP contribution < -0.4 is 10.6 Å². The van der Waals surface area contributed by atoms with E-state index in [1.807, 2.05) is 0 Å². The van der Waals surface area contributed by atoms with Crippen LogP contribution in [0.3, 0.4) is 0 Å². The van der Waals surface area contributed by atoms with E-state index < -0.39 is 0 Å². The second-order valence-electron chi connectivity index (χ2n) is 4.26. The molecule has 6 heteroatoms. The van der Waals surface area contributed by atoms with Gasteiger partial charge in [0, 0.05) is 13.1 Å². The van der Waals surface area contributed by atoms with Crippen LogP contribution in [0.4, 0.5) is 11.5 Å². The van der Waals surface area contributed by atoms with Crippen LogP contribution >= 0.6 is 11.6 Å². The summed E-state index contributed by atoms with van der Waals surface area (Å²) in [5.41, 5.74) is 6.35. The zero-order valence-corrected chi connectivity index (χ0v) is 9.52. The zero-order valence-electron chi connectivity index (χ0n) is 8.77. The van der Waals surface area contributed by atoms with Gasteiger partial charge in [-0.1, -0.05) is 11.6 Å². The summed E-state index contributed by atoms with van der Waals surface area (Å²) in [6, 6.07) is 0. The van der Waals surface area contributed by atoms with Gasteiger partial charge in [0.05, 0.1) is 12.2 Å². The smallest absolute Gasteiger partial charge is 0.157 e. The Bertz CT molecular complexity index is 402. The van der Waals surface area contributed by atoms with Gasteiger partial charge in [-0.05, 0) is 12.8 Å². The van der Waals surface area contributed by atoms with Crippen LogP contribution in [0.1, 0.15) is 12.8 Å². The first-order valence-electron chi connectivity index (χ1n) is 5.40. The Hall–Kier alpha value is -1.07. The molecule has 1 aromatic heterocycles. The van der Waals surface area contributed by atoms with E-state index >= 15 is 0 Å². The van der Waals surface area contributed by atoms with Crippen LogP contribution in [0.5, 0.6) is 0 Å². The Morgan fingerprint density at radius 3 is 2.69 bits per heavy atom. The molecule has 3 rings (SSSR count). The van der Waals surface area contributed by atoms with Crippen molar-refractivity contribution in [2.45, 2.75) is 25.0 Å². The molecule has 0 radical (unpaired) electrons. The summed E-state index contributed by atoms with van der Waals surface area (Å²) < 4.78 is 5.76. The average Bonchev–Trinajstić information content (AvgIpc) is 2.62. The van der Waals surface area contributed by atoms with Crippen molar-refractivity contribution in [1.29, 1.82) is 0 Å². The van der Waals surface area contributed by atoms with E-state index in [0.29, 0.717) is 23.0 Å². The molecule has 2 aliphatic rings. The molecule has 1 aromatic rings. The highest BCUT2D eigenvalue weighted by molar-refractivity contribution is 6.32. The van der Waals surface area contributed by atoms with Gasteiger partial charge in [0.2, 0.25) is 0 Å². The summed E-state index contributed by atoms with van der Waals surface area (Å²) in [4.78, 5) is 10.2. The predicted molar refractivity (Wildman–Crippen MR) is 61.6 cm³/mol. The third-order valence-corrected chi connectivity index (χ3v) is 3.46. The van der Waals surface area contributed by atoms with Gasteiger partial charge in [-0.25, -0.2) is 9.97 Å². The van der Waals surface area contributed by atoms with Gasteiger partial charge in [0.15, 0.2) is 11.0 Å². The van der Waals surface area contributed by atoms with Crippen LogP contribution in [0, 0.1) is 0 Å². The highest BCUT2D eigenvalue weighted by Gasteiger charge is 2.35. The van der Waals surface area contributed by atoms with E-state index in [0.717, 1.165) is 31.7 Å². The number of fused-ring (bicyclic) bond motifs is 2. The lowest BCUT2D eigenvalue weighted by Gasteiger charge is -2.33. The standard InChI is InChI=1S/C10H13ClN4O/c11-9-8(12)10(14-5-13-9)15-3-6-1-2-7(4-15)16-6/h5-7H,1-4,12H2. The number of ether oxygens (including phenoxy) is 1. The molecule has 2 bridgehead atoms. The molecular weight excluding hydrogens is 228 g/mol. The molecule has 86 valence electrons. The lowest BCUT2D eigenvalue weighted by molar-refractivity contribution is 0.0303. The van der Waals surface area contributed by atoms with Crippen molar-refractivity contribution in [3.63, 3.8) is 0 Å². The van der Waals surface area contributed by atoms with Gasteiger partial charge in [-0.3, -0.25) is 0 Å². The normalized spacial score (nSPS) is 28.4. The number of halogens is 1. The topological polar surface area (TPSA) is 64.3 Å². The SMILES string of the molecule is Nc1c(Cl)ncnc1N1CC2CCC(C1)O2. The predicted octanol–water partition coefficient (Wildman–Crippen LogP) is 1.08. The first kappa shape index (κ1) is 10.1. The number of nitrogen functional groups attached to an aromatic ring is 1. The van der Waals surface area contributed by atoms with Gasteiger partial charge in [0.1, 0.15) is 12.0 Å². The van der Waals surface area contributed by atoms with Crippen molar-refractivity contribution in [2.24, 2.45) is 0 Å². The minimum Gasteiger partial charge on any atom is -0.393 e. The number of hydrogen-bond donors (Lipinski definition) is 1. The number of nitrogens with zero attached hydrogens (tertiary/aromatic N) is 3. The molecule has 2 aliphatic heterocycles. The van der Waals surface area contributed by atoms with E-state index in [-0.39, 0.29) is 0 Å². The first-order valence-corrected chi connectivity index (χ1v) is 5.78. The molecule has 0 saturated carbocycles. The molecule has 0 spiro atoms. The van der Waals surface area contributed by atoms with Crippen LogP contribution in [0.25, 0.3) is 0 Å². The Morgan fingerprint density at radius 1 is 1.31 bits per heavy atom. The van der Waals surface area contributed by atoms with Crippen molar-refractivity contribution in [3.05, 3.63) is 11.5 Å². The average molecular weight is 241 g/mol. The Balaban J connectivity index is 1.89. The highest BCUT2D eigenvalue weighted by atomic mass is 35.5. The molecule has 5 nitrogen and oxygen atoms in total. The maximum absolute atomic E-state index is 5.89. The molecular formula is C10H13ClN4O. The maximum atomic E-state index is 5.89. The fraction of sp³-hybridized carbons (Fsp3) is 0.600.